The monoisotopic (exact) mass is 444 g/mol. The van der Waals surface area contributed by atoms with Crippen LogP contribution in [0.25, 0.3) is 0 Å². The molecule has 1 N–H and O–H groups in total. The van der Waals surface area contributed by atoms with Crippen molar-refractivity contribution in [2.24, 2.45) is 4.99 Å². The Kier molecular flexibility index (Phi) is 9.80. The highest BCUT2D eigenvalue weighted by Gasteiger charge is 2.27. The van der Waals surface area contributed by atoms with Crippen LogP contribution in [-0.2, 0) is 14.8 Å². The van der Waals surface area contributed by atoms with Crippen LogP contribution >= 0.6 is 0 Å². The van der Waals surface area contributed by atoms with Gasteiger partial charge in [-0.1, -0.05) is 0 Å². The van der Waals surface area contributed by atoms with E-state index in [0.717, 1.165) is 12.4 Å². The Morgan fingerprint density at radius 1 is 1.17 bits per heavy atom. The third-order valence-electron chi connectivity index (χ3n) is 4.62. The number of halogens is 1. The molecule has 1 aliphatic heterocycles. The van der Waals surface area contributed by atoms with Crippen LogP contribution in [0.15, 0.2) is 29.3 Å². The van der Waals surface area contributed by atoms with Crippen LogP contribution in [0.2, 0.25) is 0 Å². The zero-order chi connectivity index (χ0) is 22.0. The number of piperazine rings is 1. The van der Waals surface area contributed by atoms with Crippen LogP contribution in [-0.4, -0.2) is 88.4 Å². The van der Waals surface area contributed by atoms with E-state index in [4.69, 9.17) is 9.47 Å². The Balaban J connectivity index is 1.68. The number of benzene rings is 1. The number of guanidine groups is 1. The smallest absolute Gasteiger partial charge is 0.216 e. The Morgan fingerprint density at radius 3 is 2.43 bits per heavy atom. The molecular weight excluding hydrogens is 411 g/mol. The van der Waals surface area contributed by atoms with Crippen LogP contribution in [0.1, 0.15) is 20.3 Å². The standard InChI is InChI=1S/C20H33FN4O4S/c1-17(2)28-15-16-30(26,27)25-12-10-24(11-13-25)20(22-3)23-9-4-14-29-19-7-5-18(21)6-8-19/h5-8,17H,4,9-16H2,1-3H3,(H,22,23). The lowest BCUT2D eigenvalue weighted by Gasteiger charge is -2.35. The minimum atomic E-state index is -3.31. The Labute approximate surface area is 179 Å². The molecule has 0 spiro atoms. The predicted molar refractivity (Wildman–Crippen MR) is 116 cm³/mol. The summed E-state index contributed by atoms with van der Waals surface area (Å²) in [6.45, 7) is 7.17. The van der Waals surface area contributed by atoms with Crippen LogP contribution < -0.4 is 10.1 Å². The van der Waals surface area contributed by atoms with Crippen molar-refractivity contribution >= 4 is 16.0 Å². The summed E-state index contributed by atoms with van der Waals surface area (Å²) in [5.74, 6) is 1.10. The maximum atomic E-state index is 12.9. The van der Waals surface area contributed by atoms with Gasteiger partial charge in [0.15, 0.2) is 5.96 Å². The highest BCUT2D eigenvalue weighted by Crippen LogP contribution is 2.11. The first-order chi connectivity index (χ1) is 14.3. The van der Waals surface area contributed by atoms with Crippen molar-refractivity contribution in [1.82, 2.24) is 14.5 Å². The van der Waals surface area contributed by atoms with Crippen molar-refractivity contribution in [3.8, 4) is 5.75 Å². The van der Waals surface area contributed by atoms with Gasteiger partial charge in [-0.05, 0) is 44.5 Å². The van der Waals surface area contributed by atoms with E-state index in [1.165, 1.54) is 16.4 Å². The van der Waals surface area contributed by atoms with E-state index in [1.54, 1.807) is 19.2 Å². The van der Waals surface area contributed by atoms with Gasteiger partial charge in [0.1, 0.15) is 11.6 Å². The molecule has 2 rings (SSSR count). The summed E-state index contributed by atoms with van der Waals surface area (Å²) in [7, 11) is -1.59. The molecule has 1 aliphatic rings. The van der Waals surface area contributed by atoms with Gasteiger partial charge in [0.2, 0.25) is 10.0 Å². The number of ether oxygens (including phenoxy) is 2. The fourth-order valence-corrected chi connectivity index (χ4v) is 4.31. The normalized spacial score (nSPS) is 16.2. The minimum Gasteiger partial charge on any atom is -0.494 e. The van der Waals surface area contributed by atoms with Crippen molar-refractivity contribution in [3.05, 3.63) is 30.1 Å². The lowest BCUT2D eigenvalue weighted by atomic mass is 10.3. The molecule has 10 heteroatoms. The third kappa shape index (κ3) is 8.08. The molecule has 0 unspecified atom stereocenters. The average Bonchev–Trinajstić information content (AvgIpc) is 2.72. The first-order valence-corrected chi connectivity index (χ1v) is 11.9. The molecule has 0 aromatic heterocycles. The SMILES string of the molecule is CN=C(NCCCOc1ccc(F)cc1)N1CCN(S(=O)(=O)CCOC(C)C)CC1. The second-order valence-electron chi connectivity index (χ2n) is 7.25. The molecule has 0 amide bonds. The van der Waals surface area contributed by atoms with Crippen LogP contribution in [0.4, 0.5) is 4.39 Å². The van der Waals surface area contributed by atoms with Gasteiger partial charge < -0.3 is 19.7 Å². The summed E-state index contributed by atoms with van der Waals surface area (Å²) in [6, 6.07) is 5.94. The summed E-state index contributed by atoms with van der Waals surface area (Å²) in [4.78, 5) is 6.35. The van der Waals surface area contributed by atoms with Gasteiger partial charge >= 0.3 is 0 Å². The molecule has 170 valence electrons. The molecule has 0 aliphatic carbocycles. The molecule has 8 nitrogen and oxygen atoms in total. The Morgan fingerprint density at radius 2 is 1.83 bits per heavy atom. The Hall–Kier alpha value is -1.91. The average molecular weight is 445 g/mol. The number of aliphatic imine (C=N–C) groups is 1. The molecule has 0 bridgehead atoms. The minimum absolute atomic E-state index is 0.00616. The molecule has 30 heavy (non-hydrogen) atoms. The lowest BCUT2D eigenvalue weighted by Crippen LogP contribution is -2.54. The quantitative estimate of drug-likeness (QED) is 0.335. The lowest BCUT2D eigenvalue weighted by molar-refractivity contribution is 0.0904. The van der Waals surface area contributed by atoms with Crippen molar-refractivity contribution in [2.45, 2.75) is 26.4 Å². The van der Waals surface area contributed by atoms with E-state index >= 15 is 0 Å². The van der Waals surface area contributed by atoms with Crippen molar-refractivity contribution < 1.29 is 22.3 Å². The molecule has 0 radical (unpaired) electrons. The highest BCUT2D eigenvalue weighted by molar-refractivity contribution is 7.89. The molecule has 1 saturated heterocycles. The largest absolute Gasteiger partial charge is 0.494 e. The van der Waals surface area contributed by atoms with Crippen molar-refractivity contribution in [1.29, 1.82) is 0 Å². The molecule has 0 saturated carbocycles. The zero-order valence-corrected chi connectivity index (χ0v) is 18.8. The molecular formula is C20H33FN4O4S. The second-order valence-corrected chi connectivity index (χ2v) is 9.34. The second kappa shape index (κ2) is 12.1. The van der Waals surface area contributed by atoms with Crippen LogP contribution in [0.5, 0.6) is 5.75 Å². The summed E-state index contributed by atoms with van der Waals surface area (Å²) in [5, 5.41) is 3.28. The van der Waals surface area contributed by atoms with E-state index in [0.29, 0.717) is 45.1 Å². The highest BCUT2D eigenvalue weighted by atomic mass is 32.2. The predicted octanol–water partition coefficient (Wildman–Crippen LogP) is 1.54. The molecule has 1 fully saturated rings. The van der Waals surface area contributed by atoms with Gasteiger partial charge in [-0.2, -0.15) is 4.31 Å². The zero-order valence-electron chi connectivity index (χ0n) is 18.0. The van der Waals surface area contributed by atoms with Crippen LogP contribution in [0, 0.1) is 5.82 Å². The number of sulfonamides is 1. The van der Waals surface area contributed by atoms with Gasteiger partial charge in [-0.15, -0.1) is 0 Å². The molecule has 1 heterocycles. The fourth-order valence-electron chi connectivity index (χ4n) is 3.02. The first kappa shape index (κ1) is 24.4. The molecule has 0 atom stereocenters. The number of hydrogen-bond acceptors (Lipinski definition) is 5. The Bertz CT molecular complexity index is 764. The summed E-state index contributed by atoms with van der Waals surface area (Å²) in [5.41, 5.74) is 0. The summed E-state index contributed by atoms with van der Waals surface area (Å²) >= 11 is 0. The topological polar surface area (TPSA) is 83.5 Å². The number of hydrogen-bond donors (Lipinski definition) is 1. The van der Waals surface area contributed by atoms with Gasteiger partial charge in [0.25, 0.3) is 0 Å². The van der Waals surface area contributed by atoms with Gasteiger partial charge in [-0.3, -0.25) is 4.99 Å². The maximum Gasteiger partial charge on any atom is 0.216 e. The van der Waals surface area contributed by atoms with E-state index in [1.807, 2.05) is 13.8 Å². The van der Waals surface area contributed by atoms with Gasteiger partial charge in [0, 0.05) is 39.8 Å². The fraction of sp³-hybridized carbons (Fsp3) is 0.650. The summed E-state index contributed by atoms with van der Waals surface area (Å²) < 4.78 is 50.2. The van der Waals surface area contributed by atoms with Gasteiger partial charge in [0.05, 0.1) is 25.1 Å². The first-order valence-electron chi connectivity index (χ1n) is 10.2. The number of nitrogens with zero attached hydrogens (tertiary/aromatic N) is 3. The van der Waals surface area contributed by atoms with E-state index in [-0.39, 0.29) is 24.3 Å². The summed E-state index contributed by atoms with van der Waals surface area (Å²) in [6.07, 6.45) is 0.771. The van der Waals surface area contributed by atoms with Crippen molar-refractivity contribution in [2.75, 3.05) is 58.7 Å². The number of nitrogens with one attached hydrogen (secondary N) is 1. The third-order valence-corrected chi connectivity index (χ3v) is 6.46. The molecule has 1 aromatic carbocycles. The maximum absolute atomic E-state index is 12.9. The molecule has 1 aromatic rings. The van der Waals surface area contributed by atoms with E-state index < -0.39 is 10.0 Å². The van der Waals surface area contributed by atoms with Gasteiger partial charge in [-0.25, -0.2) is 12.8 Å². The van der Waals surface area contributed by atoms with E-state index in [9.17, 15) is 12.8 Å². The van der Waals surface area contributed by atoms with E-state index in [2.05, 4.69) is 15.2 Å². The van der Waals surface area contributed by atoms with Crippen molar-refractivity contribution in [3.63, 3.8) is 0 Å². The number of rotatable bonds is 10. The van der Waals surface area contributed by atoms with Crippen LogP contribution in [0.3, 0.4) is 0 Å².